The molecule has 1 aromatic carbocycles. The van der Waals surface area contributed by atoms with Crippen LogP contribution in [0.25, 0.3) is 0 Å². The average molecular weight is 338 g/mol. The molecule has 5 heteroatoms. The Morgan fingerprint density at radius 3 is 2.88 bits per heavy atom. The van der Waals surface area contributed by atoms with Crippen LogP contribution in [-0.2, 0) is 12.1 Å². The molecule has 2 unspecified atom stereocenters. The van der Waals surface area contributed by atoms with Crippen molar-refractivity contribution in [2.75, 3.05) is 11.9 Å². The third-order valence-electron chi connectivity index (χ3n) is 5.83. The van der Waals surface area contributed by atoms with Gasteiger partial charge < -0.3 is 4.90 Å². The Morgan fingerprint density at radius 2 is 2.12 bits per heavy atom. The van der Waals surface area contributed by atoms with E-state index < -0.39 is 0 Å². The molecule has 2 fully saturated rings. The van der Waals surface area contributed by atoms with E-state index in [9.17, 15) is 4.79 Å². The van der Waals surface area contributed by atoms with E-state index in [0.717, 1.165) is 31.7 Å². The molecule has 1 saturated heterocycles. The molecular formula is C20H26N4O. The number of anilines is 1. The second kappa shape index (κ2) is 6.54. The number of hydrogen-bond donors (Lipinski definition) is 1. The molecule has 2 amide bonds. The molecule has 2 aromatic rings. The van der Waals surface area contributed by atoms with Gasteiger partial charge in [-0.25, -0.2) is 9.48 Å². The van der Waals surface area contributed by atoms with Gasteiger partial charge in [0.2, 0.25) is 0 Å². The van der Waals surface area contributed by atoms with Gasteiger partial charge in [0.1, 0.15) is 5.82 Å². The topological polar surface area (TPSA) is 50.2 Å². The highest BCUT2D eigenvalue weighted by Gasteiger charge is 2.57. The maximum absolute atomic E-state index is 13.1. The summed E-state index contributed by atoms with van der Waals surface area (Å²) in [7, 11) is 0. The van der Waals surface area contributed by atoms with E-state index >= 15 is 0 Å². The van der Waals surface area contributed by atoms with Crippen molar-refractivity contribution in [1.82, 2.24) is 14.7 Å². The van der Waals surface area contributed by atoms with E-state index in [2.05, 4.69) is 46.5 Å². The zero-order valence-corrected chi connectivity index (χ0v) is 14.8. The van der Waals surface area contributed by atoms with E-state index in [-0.39, 0.29) is 11.6 Å². The fourth-order valence-electron chi connectivity index (χ4n) is 4.63. The minimum atomic E-state index is -0.126. The van der Waals surface area contributed by atoms with Crippen LogP contribution in [-0.4, -0.2) is 27.3 Å². The molecule has 4 rings (SSSR count). The summed E-state index contributed by atoms with van der Waals surface area (Å²) in [6.07, 6.45) is 7.47. The number of hydrogen-bond acceptors (Lipinski definition) is 2. The van der Waals surface area contributed by atoms with Crippen LogP contribution in [0.15, 0.2) is 42.6 Å². The van der Waals surface area contributed by atoms with Gasteiger partial charge in [0, 0.05) is 25.1 Å². The number of carbonyl (C=O) groups is 1. The van der Waals surface area contributed by atoms with Crippen molar-refractivity contribution in [3.05, 3.63) is 48.2 Å². The number of nitrogens with one attached hydrogen (secondary N) is 1. The Kier molecular flexibility index (Phi) is 4.24. The predicted octanol–water partition coefficient (Wildman–Crippen LogP) is 4.23. The highest BCUT2D eigenvalue weighted by molar-refractivity contribution is 5.90. The van der Waals surface area contributed by atoms with Gasteiger partial charge in [0.05, 0.1) is 11.7 Å². The summed E-state index contributed by atoms with van der Waals surface area (Å²) < 4.78 is 1.87. The molecule has 2 heterocycles. The number of amides is 2. The Bertz CT molecular complexity index is 741. The Labute approximate surface area is 149 Å². The molecule has 0 bridgehead atoms. The smallest absolute Gasteiger partial charge is 0.314 e. The average Bonchev–Trinajstić information content (AvgIpc) is 3.04. The molecule has 1 saturated carbocycles. The minimum Gasteiger partial charge on any atom is -0.314 e. The Hall–Kier alpha value is -2.30. The van der Waals surface area contributed by atoms with Gasteiger partial charge in [0.25, 0.3) is 0 Å². The van der Waals surface area contributed by atoms with Crippen molar-refractivity contribution >= 4 is 11.8 Å². The molecule has 2 atom stereocenters. The number of rotatable bonds is 4. The van der Waals surface area contributed by atoms with Crippen LogP contribution in [0.1, 0.15) is 44.6 Å². The number of carbonyl (C=O) groups excluding carboxylic acids is 1. The van der Waals surface area contributed by atoms with Gasteiger partial charge in [-0.15, -0.1) is 0 Å². The Morgan fingerprint density at radius 1 is 1.28 bits per heavy atom. The lowest BCUT2D eigenvalue weighted by Crippen LogP contribution is -2.68. The van der Waals surface area contributed by atoms with Crippen LogP contribution in [0.5, 0.6) is 0 Å². The van der Waals surface area contributed by atoms with Gasteiger partial charge in [0.15, 0.2) is 0 Å². The molecule has 0 spiro atoms. The van der Waals surface area contributed by atoms with Crippen molar-refractivity contribution < 1.29 is 4.79 Å². The lowest BCUT2D eigenvalue weighted by atomic mass is 9.62. The first kappa shape index (κ1) is 16.2. The number of benzene rings is 1. The van der Waals surface area contributed by atoms with Crippen LogP contribution in [0, 0.1) is 5.92 Å². The van der Waals surface area contributed by atoms with Crippen molar-refractivity contribution in [2.24, 2.45) is 5.92 Å². The van der Waals surface area contributed by atoms with E-state index in [4.69, 9.17) is 0 Å². The van der Waals surface area contributed by atoms with Crippen LogP contribution < -0.4 is 5.32 Å². The number of nitrogens with zero attached hydrogens (tertiary/aromatic N) is 3. The van der Waals surface area contributed by atoms with Gasteiger partial charge in [-0.3, -0.25) is 5.32 Å². The van der Waals surface area contributed by atoms with E-state index in [1.807, 2.05) is 16.8 Å². The fourth-order valence-corrected chi connectivity index (χ4v) is 4.63. The normalized spacial score (nSPS) is 25.2. The Balaban J connectivity index is 1.59. The predicted molar refractivity (Wildman–Crippen MR) is 98.3 cm³/mol. The second-order valence-electron chi connectivity index (χ2n) is 7.21. The summed E-state index contributed by atoms with van der Waals surface area (Å²) in [6.45, 7) is 3.78. The van der Waals surface area contributed by atoms with Gasteiger partial charge in [-0.1, -0.05) is 50.1 Å². The van der Waals surface area contributed by atoms with E-state index in [0.29, 0.717) is 5.92 Å². The third kappa shape index (κ3) is 2.62. The summed E-state index contributed by atoms with van der Waals surface area (Å²) in [6, 6.07) is 12.4. The molecule has 1 aliphatic heterocycles. The molecule has 2 aliphatic rings. The number of aromatic nitrogens is 2. The standard InChI is InChI=1S/C20H26N4O/c1-2-14-24-18(11-13-21-24)22-19(25)23-15-17-10-6-7-12-20(17,23)16-8-4-3-5-9-16/h3-5,8-9,11,13,17H,2,6-7,10,12,14-15H2,1H3,(H,22,25). The molecule has 25 heavy (non-hydrogen) atoms. The fraction of sp³-hybridized carbons (Fsp3) is 0.500. The summed E-state index contributed by atoms with van der Waals surface area (Å²) in [5, 5.41) is 7.39. The number of fused-ring (bicyclic) bond motifs is 1. The van der Waals surface area contributed by atoms with E-state index in [1.165, 1.54) is 24.8 Å². The number of aryl methyl sites for hydroxylation is 1. The molecule has 1 N–H and O–H groups in total. The molecule has 0 radical (unpaired) electrons. The summed E-state index contributed by atoms with van der Waals surface area (Å²) in [4.78, 5) is 15.1. The quantitative estimate of drug-likeness (QED) is 0.907. The van der Waals surface area contributed by atoms with Gasteiger partial charge >= 0.3 is 6.03 Å². The maximum atomic E-state index is 13.1. The van der Waals surface area contributed by atoms with Crippen LogP contribution in [0.4, 0.5) is 10.6 Å². The number of urea groups is 1. The highest BCUT2D eigenvalue weighted by atomic mass is 16.2. The zero-order chi connectivity index (χ0) is 17.3. The summed E-state index contributed by atoms with van der Waals surface area (Å²) >= 11 is 0. The van der Waals surface area contributed by atoms with Crippen LogP contribution in [0.2, 0.25) is 0 Å². The van der Waals surface area contributed by atoms with Crippen LogP contribution in [0.3, 0.4) is 0 Å². The van der Waals surface area contributed by atoms with Crippen LogP contribution >= 0.6 is 0 Å². The lowest BCUT2D eigenvalue weighted by molar-refractivity contribution is -0.0756. The molecule has 1 aliphatic carbocycles. The van der Waals surface area contributed by atoms with Gasteiger partial charge in [-0.2, -0.15) is 5.10 Å². The first-order chi connectivity index (χ1) is 12.3. The van der Waals surface area contributed by atoms with Crippen molar-refractivity contribution in [3.8, 4) is 0 Å². The maximum Gasteiger partial charge on any atom is 0.323 e. The molecule has 5 nitrogen and oxygen atoms in total. The van der Waals surface area contributed by atoms with Gasteiger partial charge in [-0.05, 0) is 24.8 Å². The first-order valence-corrected chi connectivity index (χ1v) is 9.41. The second-order valence-corrected chi connectivity index (χ2v) is 7.21. The third-order valence-corrected chi connectivity index (χ3v) is 5.83. The summed E-state index contributed by atoms with van der Waals surface area (Å²) in [5.74, 6) is 1.37. The monoisotopic (exact) mass is 338 g/mol. The summed E-state index contributed by atoms with van der Waals surface area (Å²) in [5.41, 5.74) is 1.15. The number of likely N-dealkylation sites (tertiary alicyclic amines) is 1. The van der Waals surface area contributed by atoms with Crippen molar-refractivity contribution in [1.29, 1.82) is 0 Å². The zero-order valence-electron chi connectivity index (χ0n) is 14.8. The highest BCUT2D eigenvalue weighted by Crippen LogP contribution is 2.53. The minimum absolute atomic E-state index is 0.000133. The van der Waals surface area contributed by atoms with Crippen molar-refractivity contribution in [3.63, 3.8) is 0 Å². The molecular weight excluding hydrogens is 312 g/mol. The largest absolute Gasteiger partial charge is 0.323 e. The first-order valence-electron chi connectivity index (χ1n) is 9.41. The molecule has 1 aromatic heterocycles. The van der Waals surface area contributed by atoms with Crippen molar-refractivity contribution in [2.45, 2.75) is 51.1 Å². The lowest BCUT2D eigenvalue weighted by Gasteiger charge is -2.61. The van der Waals surface area contributed by atoms with E-state index in [1.54, 1.807) is 6.20 Å². The SMILES string of the molecule is CCCn1nccc1NC(=O)N1CC2CCCCC21c1ccccc1. The molecule has 132 valence electrons.